The Kier molecular flexibility index (Phi) is 5.69. The van der Waals surface area contributed by atoms with E-state index >= 15 is 0 Å². The zero-order chi connectivity index (χ0) is 18.0. The van der Waals surface area contributed by atoms with Gasteiger partial charge in [-0.05, 0) is 40.7 Å². The molecule has 7 heteroatoms. The molecule has 0 bridgehead atoms. The van der Waals surface area contributed by atoms with E-state index in [0.717, 1.165) is 13.0 Å². The maximum Gasteiger partial charge on any atom is 0.408 e. The van der Waals surface area contributed by atoms with Crippen LogP contribution in [0.3, 0.4) is 0 Å². The van der Waals surface area contributed by atoms with Gasteiger partial charge in [-0.3, -0.25) is 0 Å². The van der Waals surface area contributed by atoms with Crippen LogP contribution in [-0.2, 0) is 10.7 Å². The Hall–Kier alpha value is -1.76. The Morgan fingerprint density at radius 1 is 1.26 bits per heavy atom. The average molecular weight is 333 g/mol. The Balaban J connectivity index is 3.04. The Morgan fingerprint density at radius 3 is 2.30 bits per heavy atom. The molecule has 2 N–H and O–H groups in total. The number of nitrogens with one attached hydrogen (secondary N) is 1. The molecule has 0 fully saturated rings. The van der Waals surface area contributed by atoms with Gasteiger partial charge >= 0.3 is 12.0 Å². The van der Waals surface area contributed by atoms with Gasteiger partial charge in [0.1, 0.15) is 17.5 Å². The van der Waals surface area contributed by atoms with Gasteiger partial charge in [-0.2, -0.15) is 8.78 Å². The summed E-state index contributed by atoms with van der Waals surface area (Å²) in [5, 5.41) is 11.5. The van der Waals surface area contributed by atoms with Crippen molar-refractivity contribution in [1.29, 1.82) is 0 Å². The number of aliphatic hydroxyl groups excluding tert-OH is 1. The van der Waals surface area contributed by atoms with Crippen LogP contribution in [0.4, 0.5) is 18.0 Å². The van der Waals surface area contributed by atoms with Crippen molar-refractivity contribution in [2.24, 2.45) is 0 Å². The molecule has 2 unspecified atom stereocenters. The Bertz CT molecular complexity index is 568. The van der Waals surface area contributed by atoms with Crippen molar-refractivity contribution >= 4 is 6.09 Å². The molecule has 0 spiro atoms. The van der Waals surface area contributed by atoms with E-state index in [2.05, 4.69) is 5.32 Å². The van der Waals surface area contributed by atoms with Gasteiger partial charge in [0.05, 0.1) is 11.6 Å². The molecule has 0 aromatic heterocycles. The van der Waals surface area contributed by atoms with Crippen molar-refractivity contribution in [3.63, 3.8) is 0 Å². The molecule has 1 rings (SSSR count). The largest absolute Gasteiger partial charge is 0.444 e. The Labute approximate surface area is 133 Å². The second-order valence-corrected chi connectivity index (χ2v) is 6.38. The molecule has 0 heterocycles. The molecule has 0 radical (unpaired) electrons. The molecular formula is C16H22F3NO3. The van der Waals surface area contributed by atoms with E-state index in [4.69, 9.17) is 9.84 Å². The van der Waals surface area contributed by atoms with Crippen LogP contribution in [0.15, 0.2) is 18.2 Å². The van der Waals surface area contributed by atoms with Crippen LogP contribution in [0.1, 0.15) is 51.8 Å². The number of hydrogen-bond acceptors (Lipinski definition) is 3. The molecule has 1 amide bonds. The van der Waals surface area contributed by atoms with Gasteiger partial charge in [0, 0.05) is 5.56 Å². The number of amides is 1. The fourth-order valence-electron chi connectivity index (χ4n) is 1.93. The molecule has 1 aromatic rings. The predicted molar refractivity (Wildman–Crippen MR) is 79.8 cm³/mol. The predicted octanol–water partition coefficient (Wildman–Crippen LogP) is 3.88. The summed E-state index contributed by atoms with van der Waals surface area (Å²) in [6.45, 7) is 7.34. The molecule has 130 valence electrons. The highest BCUT2D eigenvalue weighted by molar-refractivity contribution is 5.68. The quantitative estimate of drug-likeness (QED) is 0.879. The number of alkyl carbamates (subject to hydrolysis) is 1. The van der Waals surface area contributed by atoms with E-state index in [1.54, 1.807) is 20.8 Å². The number of carbonyl (C=O) groups is 1. The van der Waals surface area contributed by atoms with Gasteiger partial charge in [-0.1, -0.05) is 12.1 Å². The fraction of sp³-hybridized carbons (Fsp3) is 0.562. The number of rotatable bonds is 4. The summed E-state index contributed by atoms with van der Waals surface area (Å²) in [5.41, 5.74) is -1.76. The minimum absolute atomic E-state index is 0.117. The molecule has 1 aromatic carbocycles. The molecule has 0 aliphatic carbocycles. The van der Waals surface area contributed by atoms with Crippen LogP contribution < -0.4 is 5.32 Å². The third-order valence-corrected chi connectivity index (χ3v) is 3.11. The van der Waals surface area contributed by atoms with Crippen molar-refractivity contribution in [3.8, 4) is 0 Å². The first kappa shape index (κ1) is 19.3. The zero-order valence-electron chi connectivity index (χ0n) is 13.8. The first-order valence-electron chi connectivity index (χ1n) is 7.20. The van der Waals surface area contributed by atoms with Crippen LogP contribution in [0, 0.1) is 5.82 Å². The van der Waals surface area contributed by atoms with Crippen molar-refractivity contribution in [2.45, 2.75) is 58.3 Å². The summed E-state index contributed by atoms with van der Waals surface area (Å²) in [4.78, 5) is 11.7. The van der Waals surface area contributed by atoms with Crippen LogP contribution in [0.5, 0.6) is 0 Å². The lowest BCUT2D eigenvalue weighted by atomic mass is 9.98. The second kappa shape index (κ2) is 6.78. The molecule has 4 nitrogen and oxygen atoms in total. The third-order valence-electron chi connectivity index (χ3n) is 3.11. The van der Waals surface area contributed by atoms with E-state index in [9.17, 15) is 18.0 Å². The monoisotopic (exact) mass is 333 g/mol. The maximum absolute atomic E-state index is 14.4. The van der Waals surface area contributed by atoms with Gasteiger partial charge in [-0.15, -0.1) is 0 Å². The smallest absolute Gasteiger partial charge is 0.408 e. The van der Waals surface area contributed by atoms with Gasteiger partial charge in [0.2, 0.25) is 0 Å². The first-order valence-corrected chi connectivity index (χ1v) is 7.20. The molecule has 0 aliphatic rings. The van der Waals surface area contributed by atoms with Crippen LogP contribution >= 0.6 is 0 Å². The lowest BCUT2D eigenvalue weighted by Crippen LogP contribution is -2.35. The fourth-order valence-corrected chi connectivity index (χ4v) is 1.93. The van der Waals surface area contributed by atoms with Crippen molar-refractivity contribution in [2.75, 3.05) is 0 Å². The highest BCUT2D eigenvalue weighted by Crippen LogP contribution is 2.35. The molecular weight excluding hydrogens is 311 g/mol. The number of aliphatic hydroxyl groups is 1. The maximum atomic E-state index is 14.4. The van der Waals surface area contributed by atoms with Crippen molar-refractivity contribution in [1.82, 2.24) is 5.32 Å². The summed E-state index contributed by atoms with van der Waals surface area (Å²) in [5.74, 6) is -4.90. The molecule has 0 aliphatic heterocycles. The lowest BCUT2D eigenvalue weighted by molar-refractivity contribution is -0.108. The highest BCUT2D eigenvalue weighted by Gasteiger charge is 2.40. The second-order valence-electron chi connectivity index (χ2n) is 6.38. The molecule has 0 saturated heterocycles. The molecule has 23 heavy (non-hydrogen) atoms. The van der Waals surface area contributed by atoms with E-state index in [-0.39, 0.29) is 5.56 Å². The van der Waals surface area contributed by atoms with E-state index in [1.807, 2.05) is 0 Å². The molecule has 2 atom stereocenters. The Morgan fingerprint density at radius 2 is 1.83 bits per heavy atom. The van der Waals surface area contributed by atoms with Crippen LogP contribution in [0.2, 0.25) is 0 Å². The van der Waals surface area contributed by atoms with E-state index < -0.39 is 41.1 Å². The number of halogens is 3. The lowest BCUT2D eigenvalue weighted by Gasteiger charge is -2.24. The number of benzene rings is 1. The van der Waals surface area contributed by atoms with Crippen LogP contribution in [0.25, 0.3) is 0 Å². The van der Waals surface area contributed by atoms with Gasteiger partial charge in [0.25, 0.3) is 0 Å². The van der Waals surface area contributed by atoms with Gasteiger partial charge in [0.15, 0.2) is 0 Å². The number of ether oxygens (including phenoxy) is 1. The van der Waals surface area contributed by atoms with Crippen molar-refractivity contribution < 1.29 is 27.8 Å². The number of hydrogen-bond donors (Lipinski definition) is 2. The highest BCUT2D eigenvalue weighted by atomic mass is 19.3. The third kappa shape index (κ3) is 4.86. The minimum Gasteiger partial charge on any atom is -0.444 e. The standard InChI is InChI=1S/C16H22F3NO3/c1-9(20-14(22)23-15(3,4)5)11-7-6-8-12(13(11)17)16(18,19)10(2)21/h6-10,21H,1-5H3,(H,20,22). The normalized spacial score (nSPS) is 15.0. The summed E-state index contributed by atoms with van der Waals surface area (Å²) >= 11 is 0. The zero-order valence-corrected chi connectivity index (χ0v) is 13.8. The van der Waals surface area contributed by atoms with Crippen molar-refractivity contribution in [3.05, 3.63) is 35.1 Å². The van der Waals surface area contributed by atoms with Gasteiger partial charge < -0.3 is 15.2 Å². The number of carbonyl (C=O) groups excluding carboxylic acids is 1. The average Bonchev–Trinajstić information content (AvgIpc) is 2.35. The summed E-state index contributed by atoms with van der Waals surface area (Å²) in [7, 11) is 0. The summed E-state index contributed by atoms with van der Waals surface area (Å²) in [6.07, 6.45) is -2.82. The molecule has 0 saturated carbocycles. The first-order chi connectivity index (χ1) is 10.4. The minimum atomic E-state index is -3.73. The SMILES string of the molecule is CC(NC(=O)OC(C)(C)C)c1cccc(C(F)(F)C(C)O)c1F. The van der Waals surface area contributed by atoms with E-state index in [0.29, 0.717) is 0 Å². The summed E-state index contributed by atoms with van der Waals surface area (Å²) in [6, 6.07) is 2.57. The van der Waals surface area contributed by atoms with E-state index in [1.165, 1.54) is 19.1 Å². The summed E-state index contributed by atoms with van der Waals surface area (Å²) < 4.78 is 47.2. The van der Waals surface area contributed by atoms with Crippen LogP contribution in [-0.4, -0.2) is 22.9 Å². The van der Waals surface area contributed by atoms with Gasteiger partial charge in [-0.25, -0.2) is 9.18 Å². The number of alkyl halides is 2. The topological polar surface area (TPSA) is 58.6 Å².